The molecule has 96 valence electrons. The average molecular weight is 233 g/mol. The average Bonchev–Trinajstić information content (AvgIpc) is 2.21. The van der Waals surface area contributed by atoms with Crippen LogP contribution < -0.4 is 5.32 Å². The lowest BCUT2D eigenvalue weighted by Crippen LogP contribution is -2.27. The molecule has 0 aliphatic rings. The Bertz CT molecular complexity index is 173. The molecule has 0 saturated heterocycles. The van der Waals surface area contributed by atoms with Gasteiger partial charge >= 0.3 is 6.09 Å². The van der Waals surface area contributed by atoms with Gasteiger partial charge < -0.3 is 19.5 Å². The summed E-state index contributed by atoms with van der Waals surface area (Å²) in [4.78, 5) is 11.0. The van der Waals surface area contributed by atoms with Crippen molar-refractivity contribution in [3.05, 3.63) is 0 Å². The number of hydrogen-bond donors (Lipinski definition) is 1. The maximum Gasteiger partial charge on any atom is 0.407 e. The van der Waals surface area contributed by atoms with Crippen molar-refractivity contribution in [2.24, 2.45) is 0 Å². The molecule has 0 rings (SSSR count). The monoisotopic (exact) mass is 233 g/mol. The first-order valence-corrected chi connectivity index (χ1v) is 5.68. The summed E-state index contributed by atoms with van der Waals surface area (Å²) in [6.45, 7) is 6.22. The van der Waals surface area contributed by atoms with Crippen LogP contribution in [0.1, 0.15) is 26.7 Å². The maximum absolute atomic E-state index is 11.0. The second kappa shape index (κ2) is 10.7. The van der Waals surface area contributed by atoms with E-state index < -0.39 is 0 Å². The Kier molecular flexibility index (Phi) is 10.2. The number of methoxy groups -OCH3 is 1. The number of nitrogens with one attached hydrogen (secondary N) is 1. The van der Waals surface area contributed by atoms with Gasteiger partial charge in [-0.3, -0.25) is 0 Å². The lowest BCUT2D eigenvalue weighted by molar-refractivity contribution is 0.0686. The first kappa shape index (κ1) is 15.2. The molecule has 0 atom stereocenters. The quantitative estimate of drug-likeness (QED) is 0.614. The van der Waals surface area contributed by atoms with Crippen LogP contribution in [0.2, 0.25) is 0 Å². The number of amides is 1. The molecule has 0 saturated carbocycles. The summed E-state index contributed by atoms with van der Waals surface area (Å²) in [6.07, 6.45) is 1.39. The SMILES string of the molecule is COCCOCCCCNC(=O)OC(C)C. The predicted octanol–water partition coefficient (Wildman–Crippen LogP) is 1.56. The molecule has 5 heteroatoms. The van der Waals surface area contributed by atoms with E-state index in [1.54, 1.807) is 7.11 Å². The van der Waals surface area contributed by atoms with Crippen molar-refractivity contribution in [1.82, 2.24) is 5.32 Å². The summed E-state index contributed by atoms with van der Waals surface area (Å²) in [5, 5.41) is 2.67. The fourth-order valence-corrected chi connectivity index (χ4v) is 1.02. The third kappa shape index (κ3) is 11.3. The van der Waals surface area contributed by atoms with E-state index in [9.17, 15) is 4.79 Å². The van der Waals surface area contributed by atoms with Gasteiger partial charge in [0.05, 0.1) is 19.3 Å². The number of ether oxygens (including phenoxy) is 3. The third-order valence-electron chi connectivity index (χ3n) is 1.76. The molecule has 0 fully saturated rings. The summed E-state index contributed by atoms with van der Waals surface area (Å²) in [5.41, 5.74) is 0. The van der Waals surface area contributed by atoms with Crippen LogP contribution >= 0.6 is 0 Å². The topological polar surface area (TPSA) is 56.8 Å². The molecule has 0 aliphatic heterocycles. The van der Waals surface area contributed by atoms with E-state index in [2.05, 4.69) is 5.32 Å². The van der Waals surface area contributed by atoms with E-state index in [1.165, 1.54) is 0 Å². The Balaban J connectivity index is 3.11. The van der Waals surface area contributed by atoms with E-state index in [4.69, 9.17) is 14.2 Å². The molecular weight excluding hydrogens is 210 g/mol. The summed E-state index contributed by atoms with van der Waals surface area (Å²) in [7, 11) is 1.65. The minimum atomic E-state index is -0.352. The highest BCUT2D eigenvalue weighted by Gasteiger charge is 2.02. The van der Waals surface area contributed by atoms with Crippen LogP contribution in [0.4, 0.5) is 4.79 Å². The lowest BCUT2D eigenvalue weighted by Gasteiger charge is -2.09. The summed E-state index contributed by atoms with van der Waals surface area (Å²) >= 11 is 0. The number of carbonyl (C=O) groups is 1. The highest BCUT2D eigenvalue weighted by Crippen LogP contribution is 1.91. The summed E-state index contributed by atoms with van der Waals surface area (Å²) in [5.74, 6) is 0. The summed E-state index contributed by atoms with van der Waals surface area (Å²) in [6, 6.07) is 0. The third-order valence-corrected chi connectivity index (χ3v) is 1.76. The number of unbranched alkanes of at least 4 members (excludes halogenated alkanes) is 1. The number of carbonyl (C=O) groups excluding carboxylic acids is 1. The highest BCUT2D eigenvalue weighted by molar-refractivity contribution is 5.67. The van der Waals surface area contributed by atoms with Crippen LogP contribution in [-0.4, -0.2) is 45.7 Å². The summed E-state index contributed by atoms with van der Waals surface area (Å²) < 4.78 is 15.0. The van der Waals surface area contributed by atoms with Gasteiger partial charge in [0, 0.05) is 20.3 Å². The molecule has 1 amide bonds. The van der Waals surface area contributed by atoms with Gasteiger partial charge in [-0.2, -0.15) is 0 Å². The van der Waals surface area contributed by atoms with E-state index in [-0.39, 0.29) is 12.2 Å². The van der Waals surface area contributed by atoms with Crippen molar-refractivity contribution in [2.75, 3.05) is 33.5 Å². The molecule has 5 nitrogen and oxygen atoms in total. The van der Waals surface area contributed by atoms with E-state index in [1.807, 2.05) is 13.8 Å². The standard InChI is InChI=1S/C11H23NO4/c1-10(2)16-11(13)12-6-4-5-7-15-9-8-14-3/h10H,4-9H2,1-3H3,(H,12,13). The van der Waals surface area contributed by atoms with Gasteiger partial charge in [-0.05, 0) is 26.7 Å². The van der Waals surface area contributed by atoms with E-state index in [0.29, 0.717) is 26.4 Å². The molecule has 1 N–H and O–H groups in total. The van der Waals surface area contributed by atoms with Crippen molar-refractivity contribution in [1.29, 1.82) is 0 Å². The second-order valence-electron chi connectivity index (χ2n) is 3.69. The zero-order chi connectivity index (χ0) is 12.2. The van der Waals surface area contributed by atoms with E-state index in [0.717, 1.165) is 12.8 Å². The Morgan fingerprint density at radius 3 is 2.56 bits per heavy atom. The molecule has 0 heterocycles. The van der Waals surface area contributed by atoms with Crippen molar-refractivity contribution >= 4 is 6.09 Å². The van der Waals surface area contributed by atoms with Gasteiger partial charge in [0.2, 0.25) is 0 Å². The fourth-order valence-electron chi connectivity index (χ4n) is 1.02. The van der Waals surface area contributed by atoms with Crippen molar-refractivity contribution in [3.63, 3.8) is 0 Å². The van der Waals surface area contributed by atoms with Crippen LogP contribution in [0.25, 0.3) is 0 Å². The van der Waals surface area contributed by atoms with Crippen LogP contribution in [0.3, 0.4) is 0 Å². The van der Waals surface area contributed by atoms with Crippen LogP contribution in [0.5, 0.6) is 0 Å². The minimum absolute atomic E-state index is 0.0719. The Hall–Kier alpha value is -0.810. The first-order chi connectivity index (χ1) is 7.66. The van der Waals surface area contributed by atoms with Gasteiger partial charge in [-0.25, -0.2) is 4.79 Å². The Morgan fingerprint density at radius 1 is 1.19 bits per heavy atom. The van der Waals surface area contributed by atoms with Gasteiger partial charge in [0.1, 0.15) is 0 Å². The lowest BCUT2D eigenvalue weighted by atomic mass is 10.3. The maximum atomic E-state index is 11.0. The van der Waals surface area contributed by atoms with Crippen molar-refractivity contribution < 1.29 is 19.0 Å². The van der Waals surface area contributed by atoms with E-state index >= 15 is 0 Å². The number of hydrogen-bond acceptors (Lipinski definition) is 4. The fraction of sp³-hybridized carbons (Fsp3) is 0.909. The highest BCUT2D eigenvalue weighted by atomic mass is 16.6. The van der Waals surface area contributed by atoms with Crippen LogP contribution in [0.15, 0.2) is 0 Å². The molecule has 0 unspecified atom stereocenters. The predicted molar refractivity (Wildman–Crippen MR) is 61.5 cm³/mol. The number of rotatable bonds is 9. The first-order valence-electron chi connectivity index (χ1n) is 5.68. The van der Waals surface area contributed by atoms with Crippen LogP contribution in [0, 0.1) is 0 Å². The normalized spacial score (nSPS) is 10.5. The molecule has 0 radical (unpaired) electrons. The Labute approximate surface area is 97.4 Å². The molecule has 0 aromatic heterocycles. The van der Waals surface area contributed by atoms with Crippen LogP contribution in [-0.2, 0) is 14.2 Å². The number of alkyl carbamates (subject to hydrolysis) is 1. The van der Waals surface area contributed by atoms with Gasteiger partial charge in [0.15, 0.2) is 0 Å². The molecular formula is C11H23NO4. The second-order valence-corrected chi connectivity index (χ2v) is 3.69. The van der Waals surface area contributed by atoms with Gasteiger partial charge in [0.25, 0.3) is 0 Å². The van der Waals surface area contributed by atoms with Crippen molar-refractivity contribution in [2.45, 2.75) is 32.8 Å². The zero-order valence-electron chi connectivity index (χ0n) is 10.5. The van der Waals surface area contributed by atoms with Gasteiger partial charge in [-0.1, -0.05) is 0 Å². The molecule has 0 aliphatic carbocycles. The molecule has 16 heavy (non-hydrogen) atoms. The molecule has 0 spiro atoms. The van der Waals surface area contributed by atoms with Gasteiger partial charge in [-0.15, -0.1) is 0 Å². The molecule has 0 aromatic rings. The minimum Gasteiger partial charge on any atom is -0.447 e. The smallest absolute Gasteiger partial charge is 0.407 e. The Morgan fingerprint density at radius 2 is 1.94 bits per heavy atom. The van der Waals surface area contributed by atoms with Crippen molar-refractivity contribution in [3.8, 4) is 0 Å². The zero-order valence-corrected chi connectivity index (χ0v) is 10.5. The molecule has 0 bridgehead atoms. The largest absolute Gasteiger partial charge is 0.447 e. The molecule has 0 aromatic carbocycles.